The third kappa shape index (κ3) is 0.867. The van der Waals surface area contributed by atoms with Gasteiger partial charge in [0.15, 0.2) is 5.65 Å². The molecule has 1 aliphatic rings. The van der Waals surface area contributed by atoms with E-state index in [9.17, 15) is 0 Å². The lowest BCUT2D eigenvalue weighted by Gasteiger charge is -2.04. The highest BCUT2D eigenvalue weighted by Crippen LogP contribution is 2.47. The fourth-order valence-corrected chi connectivity index (χ4v) is 1.65. The average Bonchev–Trinajstić information content (AvgIpc) is 2.89. The molecular weight excluding hydrogens is 176 g/mol. The van der Waals surface area contributed by atoms with Crippen LogP contribution in [0.25, 0.3) is 5.65 Å². The summed E-state index contributed by atoms with van der Waals surface area (Å²) in [6.07, 6.45) is 7.28. The van der Waals surface area contributed by atoms with Gasteiger partial charge in [-0.3, -0.25) is 0 Å². The molecule has 0 N–H and O–H groups in total. The van der Waals surface area contributed by atoms with E-state index < -0.39 is 0 Å². The van der Waals surface area contributed by atoms with Gasteiger partial charge in [0.05, 0.1) is 17.7 Å². The molecule has 1 aliphatic carbocycles. The number of hydrogen-bond acceptors (Lipinski definition) is 3. The smallest absolute Gasteiger partial charge is 0.154 e. The van der Waals surface area contributed by atoms with Crippen molar-refractivity contribution < 1.29 is 0 Å². The van der Waals surface area contributed by atoms with Crippen molar-refractivity contribution in [3.05, 3.63) is 30.2 Å². The maximum Gasteiger partial charge on any atom is 0.154 e. The van der Waals surface area contributed by atoms with Crippen molar-refractivity contribution in [3.63, 3.8) is 0 Å². The Morgan fingerprint density at radius 2 is 2.36 bits per heavy atom. The lowest BCUT2D eigenvalue weighted by Crippen LogP contribution is -2.05. The second-order valence-electron chi connectivity index (χ2n) is 3.67. The number of aromatic nitrogens is 3. The molecule has 68 valence electrons. The number of hydrogen-bond donors (Lipinski definition) is 0. The quantitative estimate of drug-likeness (QED) is 0.670. The molecule has 1 saturated carbocycles. The summed E-state index contributed by atoms with van der Waals surface area (Å²) in [6, 6.07) is 4.19. The molecule has 3 rings (SSSR count). The highest BCUT2D eigenvalue weighted by Gasteiger charge is 2.45. The standard InChI is InChI=1S/C10H8N4/c11-7-10(2-3-10)8-5-12-9-1-4-13-14(9)6-8/h1,4-6H,2-3H2. The predicted octanol–water partition coefficient (Wildman–Crippen LogP) is 1.28. The SMILES string of the molecule is N#CC1(c2cnc3ccnn3c2)CC1. The highest BCUT2D eigenvalue weighted by atomic mass is 15.2. The van der Waals surface area contributed by atoms with E-state index in [1.165, 1.54) is 0 Å². The zero-order valence-electron chi connectivity index (χ0n) is 7.51. The van der Waals surface area contributed by atoms with Gasteiger partial charge in [0, 0.05) is 24.0 Å². The molecule has 0 amide bonds. The zero-order valence-corrected chi connectivity index (χ0v) is 7.51. The summed E-state index contributed by atoms with van der Waals surface area (Å²) in [5, 5.41) is 13.1. The first kappa shape index (κ1) is 7.51. The number of rotatable bonds is 1. The second kappa shape index (κ2) is 2.32. The summed E-state index contributed by atoms with van der Waals surface area (Å²) in [5.41, 5.74) is 1.53. The van der Waals surface area contributed by atoms with E-state index in [1.807, 2.05) is 12.3 Å². The molecule has 0 radical (unpaired) electrons. The van der Waals surface area contributed by atoms with Gasteiger partial charge in [0.25, 0.3) is 0 Å². The molecule has 2 aromatic heterocycles. The summed E-state index contributed by atoms with van der Waals surface area (Å²) in [7, 11) is 0. The molecule has 0 unspecified atom stereocenters. The minimum atomic E-state index is -0.271. The monoisotopic (exact) mass is 184 g/mol. The number of fused-ring (bicyclic) bond motifs is 1. The summed E-state index contributed by atoms with van der Waals surface area (Å²) < 4.78 is 1.72. The normalized spacial score (nSPS) is 17.9. The first-order valence-corrected chi connectivity index (χ1v) is 4.55. The minimum absolute atomic E-state index is 0.271. The molecule has 1 fully saturated rings. The first-order valence-electron chi connectivity index (χ1n) is 4.55. The summed E-state index contributed by atoms with van der Waals surface area (Å²) in [4.78, 5) is 4.24. The number of nitriles is 1. The van der Waals surface area contributed by atoms with Crippen molar-refractivity contribution in [1.29, 1.82) is 5.26 Å². The molecule has 2 heterocycles. The Morgan fingerprint density at radius 1 is 1.50 bits per heavy atom. The second-order valence-corrected chi connectivity index (χ2v) is 3.67. The van der Waals surface area contributed by atoms with E-state index in [0.29, 0.717) is 0 Å². The van der Waals surface area contributed by atoms with Crippen LogP contribution in [0.3, 0.4) is 0 Å². The van der Waals surface area contributed by atoms with Crippen LogP contribution in [0.15, 0.2) is 24.7 Å². The summed E-state index contributed by atoms with van der Waals surface area (Å²) in [5.74, 6) is 0. The Morgan fingerprint density at radius 3 is 3.07 bits per heavy atom. The van der Waals surface area contributed by atoms with E-state index in [1.54, 1.807) is 16.9 Å². The molecule has 0 saturated heterocycles. The van der Waals surface area contributed by atoms with Gasteiger partial charge in [-0.1, -0.05) is 0 Å². The molecule has 4 heteroatoms. The van der Waals surface area contributed by atoms with Crippen LogP contribution >= 0.6 is 0 Å². The van der Waals surface area contributed by atoms with Crippen molar-refractivity contribution in [1.82, 2.24) is 14.6 Å². The first-order chi connectivity index (χ1) is 6.84. The van der Waals surface area contributed by atoms with Crippen LogP contribution in [0.1, 0.15) is 18.4 Å². The maximum atomic E-state index is 9.03. The molecule has 4 nitrogen and oxygen atoms in total. The Labute approximate surface area is 80.8 Å². The van der Waals surface area contributed by atoms with Crippen LogP contribution in [0.2, 0.25) is 0 Å². The van der Waals surface area contributed by atoms with Crippen molar-refractivity contribution in [2.24, 2.45) is 0 Å². The molecule has 14 heavy (non-hydrogen) atoms. The average molecular weight is 184 g/mol. The van der Waals surface area contributed by atoms with E-state index in [-0.39, 0.29) is 5.41 Å². The van der Waals surface area contributed by atoms with E-state index in [4.69, 9.17) is 5.26 Å². The topological polar surface area (TPSA) is 54.0 Å². The molecule has 2 aromatic rings. The van der Waals surface area contributed by atoms with Crippen LogP contribution < -0.4 is 0 Å². The molecule has 0 bridgehead atoms. The zero-order chi connectivity index (χ0) is 9.60. The van der Waals surface area contributed by atoms with E-state index in [0.717, 1.165) is 24.1 Å². The fourth-order valence-electron chi connectivity index (χ4n) is 1.65. The Balaban J connectivity index is 2.19. The van der Waals surface area contributed by atoms with Crippen LogP contribution in [-0.2, 0) is 5.41 Å². The van der Waals surface area contributed by atoms with E-state index >= 15 is 0 Å². The van der Waals surface area contributed by atoms with Crippen molar-refractivity contribution in [3.8, 4) is 6.07 Å². The Hall–Kier alpha value is -1.89. The van der Waals surface area contributed by atoms with Crippen molar-refractivity contribution in [2.45, 2.75) is 18.3 Å². The molecule has 0 atom stereocenters. The van der Waals surface area contributed by atoms with Gasteiger partial charge in [0.1, 0.15) is 0 Å². The molecule has 0 aliphatic heterocycles. The summed E-state index contributed by atoms with van der Waals surface area (Å²) in [6.45, 7) is 0. The van der Waals surface area contributed by atoms with Crippen LogP contribution in [0.4, 0.5) is 0 Å². The largest absolute Gasteiger partial charge is 0.237 e. The van der Waals surface area contributed by atoms with Crippen LogP contribution in [-0.4, -0.2) is 14.6 Å². The number of nitrogens with zero attached hydrogens (tertiary/aromatic N) is 4. The van der Waals surface area contributed by atoms with Gasteiger partial charge < -0.3 is 0 Å². The predicted molar refractivity (Wildman–Crippen MR) is 49.5 cm³/mol. The minimum Gasteiger partial charge on any atom is -0.237 e. The lowest BCUT2D eigenvalue weighted by molar-refractivity contribution is 0.843. The lowest BCUT2D eigenvalue weighted by atomic mass is 10.0. The van der Waals surface area contributed by atoms with Gasteiger partial charge in [-0.15, -0.1) is 0 Å². The van der Waals surface area contributed by atoms with Gasteiger partial charge in [-0.25, -0.2) is 9.50 Å². The molecule has 0 aromatic carbocycles. The molecular formula is C10H8N4. The molecule has 0 spiro atoms. The maximum absolute atomic E-state index is 9.03. The van der Waals surface area contributed by atoms with E-state index in [2.05, 4.69) is 16.2 Å². The van der Waals surface area contributed by atoms with Crippen molar-refractivity contribution in [2.75, 3.05) is 0 Å². The Kier molecular flexibility index (Phi) is 1.25. The third-order valence-corrected chi connectivity index (χ3v) is 2.76. The Bertz CT molecular complexity index is 530. The van der Waals surface area contributed by atoms with Gasteiger partial charge in [-0.2, -0.15) is 10.4 Å². The van der Waals surface area contributed by atoms with Gasteiger partial charge in [0.2, 0.25) is 0 Å². The highest BCUT2D eigenvalue weighted by molar-refractivity contribution is 5.42. The summed E-state index contributed by atoms with van der Waals surface area (Å²) >= 11 is 0. The van der Waals surface area contributed by atoms with Crippen molar-refractivity contribution >= 4 is 5.65 Å². The third-order valence-electron chi connectivity index (χ3n) is 2.76. The van der Waals surface area contributed by atoms with Crippen LogP contribution in [0, 0.1) is 11.3 Å². The van der Waals surface area contributed by atoms with Gasteiger partial charge in [-0.05, 0) is 12.8 Å². The van der Waals surface area contributed by atoms with Crippen LogP contribution in [0.5, 0.6) is 0 Å². The van der Waals surface area contributed by atoms with Gasteiger partial charge >= 0.3 is 0 Å². The fraction of sp³-hybridized carbons (Fsp3) is 0.300.